The van der Waals surface area contributed by atoms with Crippen LogP contribution < -0.4 is 5.32 Å². The SMILES string of the molecule is CC(Nc1ccccc1Cl)C1CC1. The van der Waals surface area contributed by atoms with Gasteiger partial charge in [-0.1, -0.05) is 23.7 Å². The average Bonchev–Trinajstić information content (AvgIpc) is 2.91. The van der Waals surface area contributed by atoms with E-state index in [4.69, 9.17) is 11.6 Å². The Bertz CT molecular complexity index is 294. The number of hydrogen-bond donors (Lipinski definition) is 1. The molecule has 1 aromatic rings. The molecule has 0 bridgehead atoms. The molecule has 1 N–H and O–H groups in total. The van der Waals surface area contributed by atoms with E-state index in [1.54, 1.807) is 0 Å². The van der Waals surface area contributed by atoms with Crippen molar-refractivity contribution in [3.63, 3.8) is 0 Å². The largest absolute Gasteiger partial charge is 0.381 e. The number of rotatable bonds is 3. The Hall–Kier alpha value is -0.690. The smallest absolute Gasteiger partial charge is 0.0637 e. The summed E-state index contributed by atoms with van der Waals surface area (Å²) >= 11 is 6.03. The molecule has 1 aliphatic rings. The number of halogens is 1. The number of hydrogen-bond acceptors (Lipinski definition) is 1. The van der Waals surface area contributed by atoms with Gasteiger partial charge < -0.3 is 5.32 Å². The van der Waals surface area contributed by atoms with Crippen molar-refractivity contribution in [3.8, 4) is 0 Å². The van der Waals surface area contributed by atoms with E-state index >= 15 is 0 Å². The van der Waals surface area contributed by atoms with Crippen LogP contribution in [0.4, 0.5) is 5.69 Å². The molecule has 0 saturated heterocycles. The summed E-state index contributed by atoms with van der Waals surface area (Å²) in [6.07, 6.45) is 2.72. The number of benzene rings is 1. The van der Waals surface area contributed by atoms with Gasteiger partial charge in [-0.2, -0.15) is 0 Å². The fraction of sp³-hybridized carbons (Fsp3) is 0.455. The molecule has 0 spiro atoms. The van der Waals surface area contributed by atoms with Gasteiger partial charge >= 0.3 is 0 Å². The van der Waals surface area contributed by atoms with Crippen molar-refractivity contribution in [2.75, 3.05) is 5.32 Å². The molecule has 0 radical (unpaired) electrons. The first-order chi connectivity index (χ1) is 6.27. The van der Waals surface area contributed by atoms with Crippen LogP contribution in [0.5, 0.6) is 0 Å². The van der Waals surface area contributed by atoms with Crippen LogP contribution in [0.3, 0.4) is 0 Å². The van der Waals surface area contributed by atoms with E-state index in [1.165, 1.54) is 12.8 Å². The van der Waals surface area contributed by atoms with Crippen LogP contribution in [0.2, 0.25) is 5.02 Å². The standard InChI is InChI=1S/C11H14ClN/c1-8(9-6-7-9)13-11-5-3-2-4-10(11)12/h2-5,8-9,13H,6-7H2,1H3. The first kappa shape index (κ1) is 8.89. The second-order valence-corrected chi connectivity index (χ2v) is 4.16. The van der Waals surface area contributed by atoms with Crippen LogP contribution in [0, 0.1) is 5.92 Å². The quantitative estimate of drug-likeness (QED) is 0.778. The van der Waals surface area contributed by atoms with Gasteiger partial charge in [0, 0.05) is 6.04 Å². The predicted octanol–water partition coefficient (Wildman–Crippen LogP) is 3.55. The Labute approximate surface area is 84.1 Å². The fourth-order valence-electron chi connectivity index (χ4n) is 1.54. The summed E-state index contributed by atoms with van der Waals surface area (Å²) in [4.78, 5) is 0. The van der Waals surface area contributed by atoms with E-state index < -0.39 is 0 Å². The van der Waals surface area contributed by atoms with Crippen LogP contribution in [-0.4, -0.2) is 6.04 Å². The molecule has 0 heterocycles. The number of para-hydroxylation sites is 1. The molecule has 1 nitrogen and oxygen atoms in total. The molecule has 13 heavy (non-hydrogen) atoms. The van der Waals surface area contributed by atoms with Crippen LogP contribution in [0.1, 0.15) is 19.8 Å². The lowest BCUT2D eigenvalue weighted by molar-refractivity contribution is 0.694. The lowest BCUT2D eigenvalue weighted by Gasteiger charge is -2.15. The molecule has 2 heteroatoms. The highest BCUT2D eigenvalue weighted by Crippen LogP contribution is 2.34. The molecular weight excluding hydrogens is 182 g/mol. The minimum atomic E-state index is 0.555. The highest BCUT2D eigenvalue weighted by molar-refractivity contribution is 6.33. The molecule has 0 aliphatic heterocycles. The topological polar surface area (TPSA) is 12.0 Å². The second-order valence-electron chi connectivity index (χ2n) is 3.75. The lowest BCUT2D eigenvalue weighted by Crippen LogP contribution is -2.17. The van der Waals surface area contributed by atoms with E-state index in [0.29, 0.717) is 6.04 Å². The minimum absolute atomic E-state index is 0.555. The maximum atomic E-state index is 6.03. The van der Waals surface area contributed by atoms with Gasteiger partial charge in [0.1, 0.15) is 0 Å². The van der Waals surface area contributed by atoms with E-state index in [2.05, 4.69) is 12.2 Å². The summed E-state index contributed by atoms with van der Waals surface area (Å²) in [5, 5.41) is 4.25. The molecule has 1 saturated carbocycles. The van der Waals surface area contributed by atoms with E-state index in [-0.39, 0.29) is 0 Å². The predicted molar refractivity (Wildman–Crippen MR) is 57.3 cm³/mol. The molecular formula is C11H14ClN. The first-order valence-electron chi connectivity index (χ1n) is 4.78. The number of nitrogens with one attached hydrogen (secondary N) is 1. The molecule has 70 valence electrons. The van der Waals surface area contributed by atoms with Gasteiger partial charge in [-0.3, -0.25) is 0 Å². The minimum Gasteiger partial charge on any atom is -0.381 e. The molecule has 2 rings (SSSR count). The van der Waals surface area contributed by atoms with Crippen molar-refractivity contribution < 1.29 is 0 Å². The Kier molecular flexibility index (Phi) is 2.45. The molecule has 0 amide bonds. The molecule has 1 unspecified atom stereocenters. The van der Waals surface area contributed by atoms with Crippen molar-refractivity contribution >= 4 is 17.3 Å². The van der Waals surface area contributed by atoms with E-state index in [9.17, 15) is 0 Å². The first-order valence-corrected chi connectivity index (χ1v) is 5.16. The van der Waals surface area contributed by atoms with Crippen LogP contribution >= 0.6 is 11.6 Å². The fourth-order valence-corrected chi connectivity index (χ4v) is 1.73. The summed E-state index contributed by atoms with van der Waals surface area (Å²) in [5.74, 6) is 0.858. The van der Waals surface area contributed by atoms with Crippen LogP contribution in [0.25, 0.3) is 0 Å². The van der Waals surface area contributed by atoms with Gasteiger partial charge in [-0.25, -0.2) is 0 Å². The summed E-state index contributed by atoms with van der Waals surface area (Å²) in [7, 11) is 0. The Morgan fingerprint density at radius 1 is 1.38 bits per heavy atom. The van der Waals surface area contributed by atoms with Gasteiger partial charge in [0.15, 0.2) is 0 Å². The molecule has 1 aromatic carbocycles. The summed E-state index contributed by atoms with van der Waals surface area (Å²) in [5.41, 5.74) is 1.06. The van der Waals surface area contributed by atoms with Crippen molar-refractivity contribution in [1.29, 1.82) is 0 Å². The monoisotopic (exact) mass is 195 g/mol. The Morgan fingerprint density at radius 3 is 2.69 bits per heavy atom. The highest BCUT2D eigenvalue weighted by Gasteiger charge is 2.27. The third-order valence-corrected chi connectivity index (χ3v) is 2.92. The Morgan fingerprint density at radius 2 is 2.08 bits per heavy atom. The zero-order chi connectivity index (χ0) is 9.26. The third-order valence-electron chi connectivity index (χ3n) is 2.59. The van der Waals surface area contributed by atoms with Gasteiger partial charge in [0.2, 0.25) is 0 Å². The average molecular weight is 196 g/mol. The Balaban J connectivity index is 2.03. The molecule has 1 aliphatic carbocycles. The van der Waals surface area contributed by atoms with Crippen molar-refractivity contribution in [3.05, 3.63) is 29.3 Å². The second kappa shape index (κ2) is 3.59. The van der Waals surface area contributed by atoms with Gasteiger partial charge in [0.25, 0.3) is 0 Å². The van der Waals surface area contributed by atoms with Crippen molar-refractivity contribution in [2.45, 2.75) is 25.8 Å². The van der Waals surface area contributed by atoms with E-state index in [0.717, 1.165) is 16.6 Å². The maximum Gasteiger partial charge on any atom is 0.0637 e. The number of anilines is 1. The van der Waals surface area contributed by atoms with Crippen LogP contribution in [0.15, 0.2) is 24.3 Å². The van der Waals surface area contributed by atoms with Crippen molar-refractivity contribution in [1.82, 2.24) is 0 Å². The van der Waals surface area contributed by atoms with E-state index in [1.807, 2.05) is 24.3 Å². The zero-order valence-electron chi connectivity index (χ0n) is 7.76. The summed E-state index contributed by atoms with van der Waals surface area (Å²) < 4.78 is 0. The lowest BCUT2D eigenvalue weighted by atomic mass is 10.2. The summed E-state index contributed by atoms with van der Waals surface area (Å²) in [6, 6.07) is 8.47. The molecule has 0 aromatic heterocycles. The molecule has 1 atom stereocenters. The van der Waals surface area contributed by atoms with Crippen molar-refractivity contribution in [2.24, 2.45) is 5.92 Å². The molecule has 1 fully saturated rings. The highest BCUT2D eigenvalue weighted by atomic mass is 35.5. The summed E-state index contributed by atoms with van der Waals surface area (Å²) in [6.45, 7) is 2.22. The van der Waals surface area contributed by atoms with Gasteiger partial charge in [0.05, 0.1) is 10.7 Å². The third kappa shape index (κ3) is 2.16. The van der Waals surface area contributed by atoms with Gasteiger partial charge in [-0.05, 0) is 37.8 Å². The van der Waals surface area contributed by atoms with Gasteiger partial charge in [-0.15, -0.1) is 0 Å². The van der Waals surface area contributed by atoms with Crippen LogP contribution in [-0.2, 0) is 0 Å². The maximum absolute atomic E-state index is 6.03. The zero-order valence-corrected chi connectivity index (χ0v) is 8.51. The normalized spacial score (nSPS) is 18.3.